The number of thioether (sulfide) groups is 1. The molecule has 2 aromatic rings. The van der Waals surface area contributed by atoms with E-state index in [1.807, 2.05) is 62.4 Å². The highest BCUT2D eigenvalue weighted by Gasteiger charge is 2.19. The Hall–Kier alpha value is -1.74. The molecule has 1 atom stereocenters. The maximum atomic E-state index is 11.4. The monoisotopic (exact) mass is 286 g/mol. The minimum Gasteiger partial charge on any atom is -0.480 e. The van der Waals surface area contributed by atoms with Gasteiger partial charge in [0.05, 0.1) is 0 Å². The van der Waals surface area contributed by atoms with E-state index < -0.39 is 11.2 Å². The van der Waals surface area contributed by atoms with Gasteiger partial charge in [-0.1, -0.05) is 47.5 Å². The Kier molecular flexibility index (Phi) is 4.85. The van der Waals surface area contributed by atoms with Crippen LogP contribution < -0.4 is 0 Å². The van der Waals surface area contributed by atoms with Crippen molar-refractivity contribution in [3.63, 3.8) is 0 Å². The van der Waals surface area contributed by atoms with Gasteiger partial charge in [-0.3, -0.25) is 4.79 Å². The van der Waals surface area contributed by atoms with Gasteiger partial charge in [-0.2, -0.15) is 0 Å². The Balaban J connectivity index is 2.11. The van der Waals surface area contributed by atoms with Crippen molar-refractivity contribution >= 4 is 17.7 Å². The van der Waals surface area contributed by atoms with Crippen molar-refractivity contribution in [3.8, 4) is 0 Å². The van der Waals surface area contributed by atoms with Crippen molar-refractivity contribution in [2.75, 3.05) is 0 Å². The average molecular weight is 286 g/mol. The van der Waals surface area contributed by atoms with Crippen LogP contribution in [0.4, 0.5) is 0 Å². The molecule has 1 N–H and O–H groups in total. The van der Waals surface area contributed by atoms with Crippen molar-refractivity contribution in [2.45, 2.75) is 30.4 Å². The number of benzene rings is 2. The zero-order valence-corrected chi connectivity index (χ0v) is 12.5. The number of carboxylic acid groups (broad SMARTS) is 1. The molecular weight excluding hydrogens is 268 g/mol. The molecule has 3 heteroatoms. The molecule has 0 amide bonds. The van der Waals surface area contributed by atoms with E-state index >= 15 is 0 Å². The summed E-state index contributed by atoms with van der Waals surface area (Å²) in [5.41, 5.74) is 3.41. The van der Waals surface area contributed by atoms with Crippen molar-refractivity contribution < 1.29 is 9.90 Å². The summed E-state index contributed by atoms with van der Waals surface area (Å²) in [7, 11) is 0. The van der Waals surface area contributed by atoms with Crippen molar-refractivity contribution in [2.24, 2.45) is 0 Å². The Morgan fingerprint density at radius 2 is 1.80 bits per heavy atom. The molecule has 2 nitrogen and oxygen atoms in total. The lowest BCUT2D eigenvalue weighted by atomic mass is 10.1. The van der Waals surface area contributed by atoms with Crippen LogP contribution in [0.25, 0.3) is 0 Å². The van der Waals surface area contributed by atoms with Gasteiger partial charge in [0.25, 0.3) is 0 Å². The maximum absolute atomic E-state index is 11.4. The average Bonchev–Trinajstić information content (AvgIpc) is 2.40. The first-order valence-electron chi connectivity index (χ1n) is 6.56. The molecule has 0 bridgehead atoms. The first-order valence-corrected chi connectivity index (χ1v) is 7.44. The van der Waals surface area contributed by atoms with E-state index in [1.54, 1.807) is 0 Å². The summed E-state index contributed by atoms with van der Waals surface area (Å²) in [5.74, 6) is -0.767. The summed E-state index contributed by atoms with van der Waals surface area (Å²) in [6.45, 7) is 4.04. The highest BCUT2D eigenvalue weighted by atomic mass is 32.2. The fourth-order valence-corrected chi connectivity index (χ4v) is 3.01. The van der Waals surface area contributed by atoms with Crippen LogP contribution in [0.2, 0.25) is 0 Å². The fraction of sp³-hybridized carbons (Fsp3) is 0.235. The van der Waals surface area contributed by atoms with Gasteiger partial charge >= 0.3 is 5.97 Å². The minimum absolute atomic E-state index is 0.459. The predicted molar refractivity (Wildman–Crippen MR) is 83.3 cm³/mol. The number of hydrogen-bond donors (Lipinski definition) is 1. The second kappa shape index (κ2) is 6.62. The third-order valence-corrected chi connectivity index (χ3v) is 4.28. The second-order valence-corrected chi connectivity index (χ2v) is 6.23. The molecule has 0 saturated heterocycles. The second-order valence-electron chi connectivity index (χ2n) is 4.95. The van der Waals surface area contributed by atoms with Crippen LogP contribution in [0.15, 0.2) is 53.4 Å². The predicted octanol–water partition coefficient (Wildman–Crippen LogP) is 4.09. The van der Waals surface area contributed by atoms with Crippen LogP contribution in [0.3, 0.4) is 0 Å². The van der Waals surface area contributed by atoms with Crippen LogP contribution >= 0.6 is 11.8 Å². The molecule has 0 aliphatic rings. The number of aryl methyl sites for hydroxylation is 2. The first-order chi connectivity index (χ1) is 9.54. The molecule has 2 aromatic carbocycles. The molecule has 0 fully saturated rings. The number of carboxylic acids is 1. The Bertz CT molecular complexity index is 590. The minimum atomic E-state index is -0.767. The fourth-order valence-electron chi connectivity index (χ4n) is 2.01. The van der Waals surface area contributed by atoms with Crippen LogP contribution in [0, 0.1) is 13.8 Å². The van der Waals surface area contributed by atoms with Gasteiger partial charge in [0, 0.05) is 4.90 Å². The summed E-state index contributed by atoms with van der Waals surface area (Å²) in [5, 5.41) is 8.94. The Morgan fingerprint density at radius 1 is 1.10 bits per heavy atom. The highest BCUT2D eigenvalue weighted by Crippen LogP contribution is 2.26. The summed E-state index contributed by atoms with van der Waals surface area (Å²) in [6, 6.07) is 16.0. The zero-order chi connectivity index (χ0) is 14.5. The lowest BCUT2D eigenvalue weighted by molar-refractivity contribution is -0.136. The Labute approximate surface area is 123 Å². The van der Waals surface area contributed by atoms with E-state index in [-0.39, 0.29) is 0 Å². The van der Waals surface area contributed by atoms with Gasteiger partial charge in [0.2, 0.25) is 0 Å². The number of aliphatic carboxylic acids is 1. The SMILES string of the molecule is Cc1ccc(S[C@H](Cc2cccc(C)c2)C(=O)O)cc1. The molecule has 0 radical (unpaired) electrons. The van der Waals surface area contributed by atoms with Crippen molar-refractivity contribution in [3.05, 3.63) is 65.2 Å². The third-order valence-electron chi connectivity index (χ3n) is 3.08. The molecule has 104 valence electrons. The molecule has 0 unspecified atom stereocenters. The number of carbonyl (C=O) groups is 1. The largest absolute Gasteiger partial charge is 0.480 e. The van der Waals surface area contributed by atoms with Crippen LogP contribution in [-0.4, -0.2) is 16.3 Å². The van der Waals surface area contributed by atoms with Gasteiger partial charge < -0.3 is 5.11 Å². The smallest absolute Gasteiger partial charge is 0.317 e. The summed E-state index contributed by atoms with van der Waals surface area (Å²) in [4.78, 5) is 12.4. The molecule has 0 aromatic heterocycles. The van der Waals surface area contributed by atoms with Crippen LogP contribution in [-0.2, 0) is 11.2 Å². The van der Waals surface area contributed by atoms with E-state index in [1.165, 1.54) is 17.3 Å². The first kappa shape index (κ1) is 14.7. The van der Waals surface area contributed by atoms with Crippen LogP contribution in [0.5, 0.6) is 0 Å². The maximum Gasteiger partial charge on any atom is 0.317 e. The van der Waals surface area contributed by atoms with Gasteiger partial charge in [-0.05, 0) is 38.0 Å². The molecule has 0 spiro atoms. The quantitative estimate of drug-likeness (QED) is 0.841. The third kappa shape index (κ3) is 4.14. The molecule has 0 saturated carbocycles. The van der Waals surface area contributed by atoms with Crippen molar-refractivity contribution in [1.29, 1.82) is 0 Å². The van der Waals surface area contributed by atoms with E-state index in [0.29, 0.717) is 6.42 Å². The summed E-state index contributed by atoms with van der Waals surface area (Å²) >= 11 is 1.41. The summed E-state index contributed by atoms with van der Waals surface area (Å²) in [6.07, 6.45) is 0.537. The van der Waals surface area contributed by atoms with Gasteiger partial charge in [-0.25, -0.2) is 0 Å². The van der Waals surface area contributed by atoms with E-state index in [4.69, 9.17) is 0 Å². The van der Waals surface area contributed by atoms with Gasteiger partial charge in [0.1, 0.15) is 5.25 Å². The molecule has 2 rings (SSSR count). The van der Waals surface area contributed by atoms with E-state index in [2.05, 4.69) is 0 Å². The normalized spacial score (nSPS) is 12.1. The van der Waals surface area contributed by atoms with Crippen LogP contribution in [0.1, 0.15) is 16.7 Å². The van der Waals surface area contributed by atoms with Gasteiger partial charge in [0.15, 0.2) is 0 Å². The van der Waals surface area contributed by atoms with Crippen molar-refractivity contribution in [1.82, 2.24) is 0 Å². The lowest BCUT2D eigenvalue weighted by Gasteiger charge is -2.12. The number of hydrogen-bond acceptors (Lipinski definition) is 2. The summed E-state index contributed by atoms with van der Waals surface area (Å²) < 4.78 is 0. The lowest BCUT2D eigenvalue weighted by Crippen LogP contribution is -2.19. The highest BCUT2D eigenvalue weighted by molar-refractivity contribution is 8.00. The molecule has 20 heavy (non-hydrogen) atoms. The molecule has 0 heterocycles. The standard InChI is InChI=1S/C17H18O2S/c1-12-6-8-15(9-7-12)20-16(17(18)19)11-14-5-3-4-13(2)10-14/h3-10,16H,11H2,1-2H3,(H,18,19)/t16-/m1/s1. The molecule has 0 aliphatic carbocycles. The number of rotatable bonds is 5. The molecule has 0 aliphatic heterocycles. The van der Waals surface area contributed by atoms with E-state index in [0.717, 1.165) is 16.0 Å². The Morgan fingerprint density at radius 3 is 2.40 bits per heavy atom. The van der Waals surface area contributed by atoms with Gasteiger partial charge in [-0.15, -0.1) is 11.8 Å². The van der Waals surface area contributed by atoms with E-state index in [9.17, 15) is 9.90 Å². The zero-order valence-electron chi connectivity index (χ0n) is 11.7. The molecular formula is C17H18O2S. The topological polar surface area (TPSA) is 37.3 Å².